The highest BCUT2D eigenvalue weighted by atomic mass is 14.8. The predicted molar refractivity (Wildman–Crippen MR) is 54.1 cm³/mol. The number of rotatable bonds is 3. The quantitative estimate of drug-likeness (QED) is 0.690. The molecule has 0 aromatic heterocycles. The van der Waals surface area contributed by atoms with Gasteiger partial charge in [-0.05, 0) is 25.2 Å². The monoisotopic (exact) mass is 169 g/mol. The Kier molecular flexibility index (Phi) is 3.57. The van der Waals surface area contributed by atoms with Gasteiger partial charge in [-0.1, -0.05) is 39.5 Å². The normalized spacial score (nSPS) is 25.2. The zero-order valence-electron chi connectivity index (χ0n) is 8.60. The van der Waals surface area contributed by atoms with Crippen molar-refractivity contribution in [2.45, 2.75) is 64.3 Å². The molecule has 1 fully saturated rings. The van der Waals surface area contributed by atoms with Crippen LogP contribution >= 0.6 is 0 Å². The minimum Gasteiger partial charge on any atom is -0.325 e. The van der Waals surface area contributed by atoms with Crippen LogP contribution in [0.1, 0.15) is 58.8 Å². The Labute approximate surface area is 76.7 Å². The highest BCUT2D eigenvalue weighted by molar-refractivity contribution is 4.91. The van der Waals surface area contributed by atoms with Crippen LogP contribution in [0.15, 0.2) is 0 Å². The van der Waals surface area contributed by atoms with Gasteiger partial charge in [0.15, 0.2) is 0 Å². The third-order valence-corrected chi connectivity index (χ3v) is 3.49. The van der Waals surface area contributed by atoms with Crippen LogP contribution < -0.4 is 5.73 Å². The second-order valence-electron chi connectivity index (χ2n) is 4.48. The molecule has 1 aliphatic rings. The first kappa shape index (κ1) is 10.0. The molecule has 0 aliphatic heterocycles. The summed E-state index contributed by atoms with van der Waals surface area (Å²) in [6.07, 6.45) is 9.20. The van der Waals surface area contributed by atoms with E-state index in [0.717, 1.165) is 5.92 Å². The Balaban J connectivity index is 2.44. The summed E-state index contributed by atoms with van der Waals surface area (Å²) in [5.41, 5.74) is 6.58. The Morgan fingerprint density at radius 2 is 1.83 bits per heavy atom. The van der Waals surface area contributed by atoms with Gasteiger partial charge in [-0.15, -0.1) is 0 Å². The zero-order valence-corrected chi connectivity index (χ0v) is 8.60. The van der Waals surface area contributed by atoms with E-state index in [1.54, 1.807) is 0 Å². The van der Waals surface area contributed by atoms with Gasteiger partial charge < -0.3 is 5.73 Å². The summed E-state index contributed by atoms with van der Waals surface area (Å²) < 4.78 is 0. The summed E-state index contributed by atoms with van der Waals surface area (Å²) in [6.45, 7) is 4.58. The maximum atomic E-state index is 6.39. The molecule has 1 aliphatic carbocycles. The molecule has 1 saturated carbocycles. The van der Waals surface area contributed by atoms with Gasteiger partial charge in [0.25, 0.3) is 0 Å². The van der Waals surface area contributed by atoms with Crippen molar-refractivity contribution in [3.05, 3.63) is 0 Å². The van der Waals surface area contributed by atoms with E-state index in [-0.39, 0.29) is 5.54 Å². The van der Waals surface area contributed by atoms with E-state index < -0.39 is 0 Å². The van der Waals surface area contributed by atoms with E-state index in [1.807, 2.05) is 0 Å². The molecule has 1 unspecified atom stereocenters. The van der Waals surface area contributed by atoms with Crippen LogP contribution in [0.2, 0.25) is 0 Å². The fourth-order valence-corrected chi connectivity index (χ4v) is 2.42. The van der Waals surface area contributed by atoms with E-state index in [1.165, 1.54) is 44.9 Å². The van der Waals surface area contributed by atoms with Crippen molar-refractivity contribution >= 4 is 0 Å². The van der Waals surface area contributed by atoms with Crippen LogP contribution in [0.5, 0.6) is 0 Å². The summed E-state index contributed by atoms with van der Waals surface area (Å²) in [4.78, 5) is 0. The lowest BCUT2D eigenvalue weighted by molar-refractivity contribution is 0.199. The highest BCUT2D eigenvalue weighted by Gasteiger charge is 2.32. The van der Waals surface area contributed by atoms with Crippen molar-refractivity contribution in [1.29, 1.82) is 0 Å². The molecule has 1 nitrogen and oxygen atoms in total. The minimum atomic E-state index is 0.189. The molecule has 12 heavy (non-hydrogen) atoms. The van der Waals surface area contributed by atoms with E-state index in [9.17, 15) is 0 Å². The van der Waals surface area contributed by atoms with E-state index in [0.29, 0.717) is 0 Å². The van der Waals surface area contributed by atoms with Crippen LogP contribution in [0, 0.1) is 5.92 Å². The molecule has 0 aromatic carbocycles. The van der Waals surface area contributed by atoms with Gasteiger partial charge in [0.2, 0.25) is 0 Å². The van der Waals surface area contributed by atoms with Gasteiger partial charge in [0.1, 0.15) is 0 Å². The molecule has 72 valence electrons. The Hall–Kier alpha value is -0.0400. The first-order chi connectivity index (χ1) is 5.69. The van der Waals surface area contributed by atoms with Crippen molar-refractivity contribution in [3.8, 4) is 0 Å². The molecular formula is C11H23N. The van der Waals surface area contributed by atoms with Gasteiger partial charge in [-0.3, -0.25) is 0 Å². The fourth-order valence-electron chi connectivity index (χ4n) is 2.42. The molecule has 1 atom stereocenters. The van der Waals surface area contributed by atoms with Crippen LogP contribution in [-0.2, 0) is 0 Å². The van der Waals surface area contributed by atoms with Crippen LogP contribution in [0.3, 0.4) is 0 Å². The van der Waals surface area contributed by atoms with Gasteiger partial charge in [0, 0.05) is 5.54 Å². The molecule has 1 heteroatoms. The lowest BCUT2D eigenvalue weighted by Gasteiger charge is -2.39. The molecule has 0 radical (unpaired) electrons. The Morgan fingerprint density at radius 3 is 2.33 bits per heavy atom. The average Bonchev–Trinajstić information content (AvgIpc) is 2.06. The molecule has 0 saturated heterocycles. The molecule has 0 amide bonds. The van der Waals surface area contributed by atoms with E-state index in [2.05, 4.69) is 13.8 Å². The van der Waals surface area contributed by atoms with Gasteiger partial charge in [0.05, 0.1) is 0 Å². The van der Waals surface area contributed by atoms with Crippen molar-refractivity contribution in [3.63, 3.8) is 0 Å². The Bertz CT molecular complexity index is 125. The van der Waals surface area contributed by atoms with Gasteiger partial charge >= 0.3 is 0 Å². The summed E-state index contributed by atoms with van der Waals surface area (Å²) in [6, 6.07) is 0. The molecular weight excluding hydrogens is 146 g/mol. The predicted octanol–water partition coefficient (Wildman–Crippen LogP) is 3.08. The van der Waals surface area contributed by atoms with E-state index >= 15 is 0 Å². The lowest BCUT2D eigenvalue weighted by atomic mass is 9.73. The van der Waals surface area contributed by atoms with Crippen molar-refractivity contribution < 1.29 is 0 Å². The standard InChI is InChI=1S/C11H23N/c1-3-7-10(2)11(12)8-5-4-6-9-11/h10H,3-9,12H2,1-2H3. The summed E-state index contributed by atoms with van der Waals surface area (Å²) in [7, 11) is 0. The Morgan fingerprint density at radius 1 is 1.25 bits per heavy atom. The zero-order chi connectivity index (χ0) is 9.03. The third kappa shape index (κ3) is 2.22. The first-order valence-corrected chi connectivity index (χ1v) is 5.48. The van der Waals surface area contributed by atoms with Crippen molar-refractivity contribution in [2.75, 3.05) is 0 Å². The molecule has 2 N–H and O–H groups in total. The maximum Gasteiger partial charge on any atom is 0.0180 e. The first-order valence-electron chi connectivity index (χ1n) is 5.48. The highest BCUT2D eigenvalue weighted by Crippen LogP contribution is 2.34. The third-order valence-electron chi connectivity index (χ3n) is 3.49. The summed E-state index contributed by atoms with van der Waals surface area (Å²) in [5, 5.41) is 0. The van der Waals surface area contributed by atoms with Gasteiger partial charge in [-0.2, -0.15) is 0 Å². The van der Waals surface area contributed by atoms with Crippen molar-refractivity contribution in [1.82, 2.24) is 0 Å². The molecule has 0 bridgehead atoms. The number of nitrogens with two attached hydrogens (primary N) is 1. The summed E-state index contributed by atoms with van der Waals surface area (Å²) >= 11 is 0. The topological polar surface area (TPSA) is 26.0 Å². The molecule has 1 rings (SSSR count). The second kappa shape index (κ2) is 4.27. The van der Waals surface area contributed by atoms with E-state index in [4.69, 9.17) is 5.73 Å². The second-order valence-corrected chi connectivity index (χ2v) is 4.48. The SMILES string of the molecule is CCCC(C)C1(N)CCCCC1. The van der Waals surface area contributed by atoms with Crippen molar-refractivity contribution in [2.24, 2.45) is 11.7 Å². The van der Waals surface area contributed by atoms with Crippen LogP contribution in [0.4, 0.5) is 0 Å². The smallest absolute Gasteiger partial charge is 0.0180 e. The van der Waals surface area contributed by atoms with Crippen LogP contribution in [0.25, 0.3) is 0 Å². The summed E-state index contributed by atoms with van der Waals surface area (Å²) in [5.74, 6) is 0.725. The number of hydrogen-bond acceptors (Lipinski definition) is 1. The molecule has 0 aromatic rings. The maximum absolute atomic E-state index is 6.39. The average molecular weight is 169 g/mol. The largest absolute Gasteiger partial charge is 0.325 e. The fraction of sp³-hybridized carbons (Fsp3) is 1.00. The number of hydrogen-bond donors (Lipinski definition) is 1. The molecule has 0 spiro atoms. The van der Waals surface area contributed by atoms with Gasteiger partial charge in [-0.25, -0.2) is 0 Å². The minimum absolute atomic E-state index is 0.189. The lowest BCUT2D eigenvalue weighted by Crippen LogP contribution is -2.47. The molecule has 0 heterocycles. The van der Waals surface area contributed by atoms with Crippen LogP contribution in [-0.4, -0.2) is 5.54 Å².